The van der Waals surface area contributed by atoms with E-state index in [-0.39, 0.29) is 35.3 Å². The summed E-state index contributed by atoms with van der Waals surface area (Å²) in [6.45, 7) is 3.91. The number of carbonyl (C=O) groups is 1. The van der Waals surface area contributed by atoms with Gasteiger partial charge in [-0.15, -0.1) is 0 Å². The molecule has 29 heavy (non-hydrogen) atoms. The van der Waals surface area contributed by atoms with E-state index in [1.54, 1.807) is 35.3 Å². The Morgan fingerprint density at radius 3 is 2.76 bits per heavy atom. The first-order valence-corrected chi connectivity index (χ1v) is 10.7. The zero-order valence-electron chi connectivity index (χ0n) is 16.2. The highest BCUT2D eigenvalue weighted by molar-refractivity contribution is 7.89. The standard InChI is InChI=1S/C20H23FN4O3S/c1-13(2)25-12-15(11-23-25)17-8-7-16(10-19(17)29(22,27)28)24-20(26)9-14-5-3-4-6-18(14)21/h3,5,7-8,10-13H,4,6,9H2,1-2H3,(H,24,26)(H2,22,27,28). The van der Waals surface area contributed by atoms with Crippen molar-refractivity contribution in [2.45, 2.75) is 44.0 Å². The van der Waals surface area contributed by atoms with Gasteiger partial charge in [-0.2, -0.15) is 5.10 Å². The molecule has 0 spiro atoms. The van der Waals surface area contributed by atoms with Crippen LogP contribution in [0.15, 0.2) is 59.0 Å². The fraction of sp³-hybridized carbons (Fsp3) is 0.300. The Morgan fingerprint density at radius 2 is 2.14 bits per heavy atom. The summed E-state index contributed by atoms with van der Waals surface area (Å²) in [5, 5.41) is 12.2. The van der Waals surface area contributed by atoms with E-state index >= 15 is 0 Å². The van der Waals surface area contributed by atoms with Gasteiger partial charge in [-0.3, -0.25) is 9.48 Å². The van der Waals surface area contributed by atoms with Gasteiger partial charge in [0, 0.05) is 35.5 Å². The number of rotatable bonds is 6. The third-order valence-corrected chi connectivity index (χ3v) is 5.51. The van der Waals surface area contributed by atoms with Crippen LogP contribution in [-0.4, -0.2) is 24.1 Å². The molecule has 0 saturated heterocycles. The fourth-order valence-corrected chi connectivity index (χ4v) is 3.84. The van der Waals surface area contributed by atoms with Crippen LogP contribution in [0, 0.1) is 0 Å². The number of nitrogens with one attached hydrogen (secondary N) is 1. The van der Waals surface area contributed by atoms with Gasteiger partial charge in [0.1, 0.15) is 5.83 Å². The number of primary sulfonamides is 1. The minimum absolute atomic E-state index is 0.115. The first-order chi connectivity index (χ1) is 13.6. The lowest BCUT2D eigenvalue weighted by Crippen LogP contribution is -2.16. The number of anilines is 1. The Balaban J connectivity index is 1.88. The topological polar surface area (TPSA) is 107 Å². The number of sulfonamides is 1. The van der Waals surface area contributed by atoms with E-state index in [9.17, 15) is 17.6 Å². The van der Waals surface area contributed by atoms with Crippen LogP contribution < -0.4 is 10.5 Å². The van der Waals surface area contributed by atoms with E-state index in [0.29, 0.717) is 23.1 Å². The number of halogens is 1. The number of benzene rings is 1. The largest absolute Gasteiger partial charge is 0.326 e. The first kappa shape index (κ1) is 20.9. The van der Waals surface area contributed by atoms with Crippen molar-refractivity contribution in [3.8, 4) is 11.1 Å². The molecule has 0 aliphatic heterocycles. The number of aromatic nitrogens is 2. The maximum absolute atomic E-state index is 13.8. The summed E-state index contributed by atoms with van der Waals surface area (Å²) in [6.07, 6.45) is 7.48. The van der Waals surface area contributed by atoms with Crippen LogP contribution >= 0.6 is 0 Å². The molecule has 0 fully saturated rings. The van der Waals surface area contributed by atoms with Crippen molar-refractivity contribution in [3.05, 3.63) is 54.1 Å². The summed E-state index contributed by atoms with van der Waals surface area (Å²) in [4.78, 5) is 12.2. The summed E-state index contributed by atoms with van der Waals surface area (Å²) in [7, 11) is -4.06. The summed E-state index contributed by atoms with van der Waals surface area (Å²) in [5.41, 5.74) is 1.58. The zero-order valence-corrected chi connectivity index (χ0v) is 17.0. The normalized spacial score (nSPS) is 14.5. The summed E-state index contributed by atoms with van der Waals surface area (Å²) >= 11 is 0. The Kier molecular flexibility index (Phi) is 5.99. The molecule has 0 unspecified atom stereocenters. The van der Waals surface area contributed by atoms with Crippen LogP contribution in [-0.2, 0) is 14.8 Å². The molecule has 9 heteroatoms. The molecule has 154 valence electrons. The van der Waals surface area contributed by atoms with Crippen molar-refractivity contribution >= 4 is 21.6 Å². The van der Waals surface area contributed by atoms with Gasteiger partial charge in [0.2, 0.25) is 15.9 Å². The molecular weight excluding hydrogens is 395 g/mol. The van der Waals surface area contributed by atoms with Crippen molar-refractivity contribution in [2.24, 2.45) is 5.14 Å². The second-order valence-electron chi connectivity index (χ2n) is 7.15. The van der Waals surface area contributed by atoms with Gasteiger partial charge < -0.3 is 5.32 Å². The molecule has 1 heterocycles. The molecule has 1 aliphatic rings. The number of carbonyl (C=O) groups excluding carboxylic acids is 1. The molecule has 7 nitrogen and oxygen atoms in total. The van der Waals surface area contributed by atoms with E-state index in [2.05, 4.69) is 10.4 Å². The predicted molar refractivity (Wildman–Crippen MR) is 109 cm³/mol. The minimum atomic E-state index is -4.06. The summed E-state index contributed by atoms with van der Waals surface area (Å²) in [6, 6.07) is 4.56. The number of allylic oxidation sites excluding steroid dienone is 3. The van der Waals surface area contributed by atoms with Gasteiger partial charge in [-0.05, 0) is 38.0 Å². The van der Waals surface area contributed by atoms with Crippen LogP contribution in [0.4, 0.5) is 10.1 Å². The Labute approximate surface area is 169 Å². The Morgan fingerprint density at radius 1 is 1.38 bits per heavy atom. The second-order valence-corrected chi connectivity index (χ2v) is 8.68. The van der Waals surface area contributed by atoms with Gasteiger partial charge in [0.05, 0.1) is 17.5 Å². The van der Waals surface area contributed by atoms with Gasteiger partial charge in [-0.25, -0.2) is 17.9 Å². The molecule has 2 aromatic rings. The lowest BCUT2D eigenvalue weighted by molar-refractivity contribution is -0.115. The van der Waals surface area contributed by atoms with Crippen molar-refractivity contribution in [1.82, 2.24) is 9.78 Å². The van der Waals surface area contributed by atoms with E-state index in [1.165, 1.54) is 6.07 Å². The lowest BCUT2D eigenvalue weighted by Gasteiger charge is -2.12. The van der Waals surface area contributed by atoms with E-state index in [0.717, 1.165) is 0 Å². The highest BCUT2D eigenvalue weighted by Crippen LogP contribution is 2.30. The minimum Gasteiger partial charge on any atom is -0.326 e. The van der Waals surface area contributed by atoms with Gasteiger partial charge in [0.15, 0.2) is 0 Å². The molecule has 0 saturated carbocycles. The molecule has 1 aliphatic carbocycles. The van der Waals surface area contributed by atoms with Crippen LogP contribution in [0.3, 0.4) is 0 Å². The quantitative estimate of drug-likeness (QED) is 0.746. The van der Waals surface area contributed by atoms with Crippen LogP contribution in [0.5, 0.6) is 0 Å². The number of hydrogen-bond acceptors (Lipinski definition) is 4. The zero-order chi connectivity index (χ0) is 21.2. The molecule has 0 bridgehead atoms. The van der Waals surface area contributed by atoms with Crippen molar-refractivity contribution in [1.29, 1.82) is 0 Å². The molecule has 0 radical (unpaired) electrons. The SMILES string of the molecule is CC(C)n1cc(-c2ccc(NC(=O)CC3=C(F)CCC=C3)cc2S(N)(=O)=O)cn1. The van der Waals surface area contributed by atoms with E-state index in [1.807, 2.05) is 19.9 Å². The lowest BCUT2D eigenvalue weighted by atomic mass is 10.0. The molecule has 0 atom stereocenters. The van der Waals surface area contributed by atoms with Crippen LogP contribution in [0.1, 0.15) is 39.2 Å². The summed E-state index contributed by atoms with van der Waals surface area (Å²) < 4.78 is 39.8. The average molecular weight is 418 g/mol. The molecule has 3 N–H and O–H groups in total. The smallest absolute Gasteiger partial charge is 0.238 e. The number of amides is 1. The van der Waals surface area contributed by atoms with Crippen molar-refractivity contribution in [2.75, 3.05) is 5.32 Å². The first-order valence-electron chi connectivity index (χ1n) is 9.20. The Hall–Kier alpha value is -2.78. The molecular formula is C20H23FN4O3S. The van der Waals surface area contributed by atoms with Crippen molar-refractivity contribution in [3.63, 3.8) is 0 Å². The third kappa shape index (κ3) is 4.99. The molecule has 1 amide bonds. The van der Waals surface area contributed by atoms with Gasteiger partial charge >= 0.3 is 0 Å². The maximum atomic E-state index is 13.8. The number of hydrogen-bond donors (Lipinski definition) is 2. The maximum Gasteiger partial charge on any atom is 0.238 e. The predicted octanol–water partition coefficient (Wildman–Crippen LogP) is 3.68. The van der Waals surface area contributed by atoms with E-state index < -0.39 is 15.9 Å². The highest BCUT2D eigenvalue weighted by atomic mass is 32.2. The van der Waals surface area contributed by atoms with Crippen molar-refractivity contribution < 1.29 is 17.6 Å². The Bertz CT molecular complexity index is 1100. The highest BCUT2D eigenvalue weighted by Gasteiger charge is 2.19. The van der Waals surface area contributed by atoms with Crippen LogP contribution in [0.25, 0.3) is 11.1 Å². The summed E-state index contributed by atoms with van der Waals surface area (Å²) in [5.74, 6) is -0.743. The average Bonchev–Trinajstić information content (AvgIpc) is 3.13. The number of nitrogens with two attached hydrogens (primary N) is 1. The number of nitrogens with zero attached hydrogens (tertiary/aromatic N) is 2. The monoisotopic (exact) mass is 418 g/mol. The van der Waals surface area contributed by atoms with Crippen LogP contribution in [0.2, 0.25) is 0 Å². The molecule has 3 rings (SSSR count). The van der Waals surface area contributed by atoms with Gasteiger partial charge in [-0.1, -0.05) is 18.2 Å². The van der Waals surface area contributed by atoms with E-state index in [4.69, 9.17) is 5.14 Å². The fourth-order valence-electron chi connectivity index (χ4n) is 3.05. The van der Waals surface area contributed by atoms with Gasteiger partial charge in [0.25, 0.3) is 0 Å². The second kappa shape index (κ2) is 8.30. The molecule has 1 aromatic carbocycles. The third-order valence-electron chi connectivity index (χ3n) is 4.56. The molecule has 1 aromatic heterocycles.